The van der Waals surface area contributed by atoms with Gasteiger partial charge in [0.15, 0.2) is 0 Å². The van der Waals surface area contributed by atoms with E-state index in [9.17, 15) is 9.59 Å². The lowest BCUT2D eigenvalue weighted by Crippen LogP contribution is -2.44. The molecular formula is C22H27N3O4. The van der Waals surface area contributed by atoms with Crippen molar-refractivity contribution < 1.29 is 14.6 Å². The maximum atomic E-state index is 12.9. The quantitative estimate of drug-likeness (QED) is 0.616. The van der Waals surface area contributed by atoms with Crippen molar-refractivity contribution in [1.82, 2.24) is 14.9 Å². The molecule has 7 heteroatoms. The van der Waals surface area contributed by atoms with Crippen LogP contribution in [0, 0.1) is 12.8 Å². The van der Waals surface area contributed by atoms with Crippen LogP contribution in [0.25, 0.3) is 21.7 Å². The van der Waals surface area contributed by atoms with Crippen LogP contribution in [0.2, 0.25) is 0 Å². The summed E-state index contributed by atoms with van der Waals surface area (Å²) >= 11 is 0. The summed E-state index contributed by atoms with van der Waals surface area (Å²) in [5, 5.41) is 13.9. The van der Waals surface area contributed by atoms with E-state index >= 15 is 0 Å². The molecule has 154 valence electrons. The number of hydrogen-bond acceptors (Lipinski definition) is 4. The van der Waals surface area contributed by atoms with E-state index < -0.39 is 11.6 Å². The molecule has 0 aliphatic heterocycles. The van der Waals surface area contributed by atoms with E-state index in [1.54, 1.807) is 23.9 Å². The highest BCUT2D eigenvalue weighted by Gasteiger charge is 2.23. The van der Waals surface area contributed by atoms with Crippen LogP contribution in [0.15, 0.2) is 35.3 Å². The lowest BCUT2D eigenvalue weighted by molar-refractivity contribution is 0.169. The van der Waals surface area contributed by atoms with E-state index in [0.717, 1.165) is 22.0 Å². The molecule has 7 nitrogen and oxygen atoms in total. The Morgan fingerprint density at radius 3 is 2.69 bits per heavy atom. The number of pyridine rings is 2. The summed E-state index contributed by atoms with van der Waals surface area (Å²) in [6, 6.07) is 7.48. The molecule has 2 heterocycles. The number of fused-ring (bicyclic) bond motifs is 3. The van der Waals surface area contributed by atoms with E-state index in [0.29, 0.717) is 24.2 Å². The molecule has 0 saturated heterocycles. The van der Waals surface area contributed by atoms with Gasteiger partial charge in [-0.05, 0) is 62.8 Å². The average Bonchev–Trinajstić information content (AvgIpc) is 2.62. The minimum Gasteiger partial charge on any atom is -0.493 e. The number of aryl methyl sites for hydroxylation is 2. The molecule has 1 amide bonds. The van der Waals surface area contributed by atoms with E-state index in [-0.39, 0.29) is 11.5 Å². The molecule has 0 saturated carbocycles. The van der Waals surface area contributed by atoms with Crippen LogP contribution in [0.1, 0.15) is 32.9 Å². The second-order valence-electron chi connectivity index (χ2n) is 8.30. The van der Waals surface area contributed by atoms with Gasteiger partial charge in [0, 0.05) is 24.2 Å². The molecule has 29 heavy (non-hydrogen) atoms. The van der Waals surface area contributed by atoms with Gasteiger partial charge in [-0.1, -0.05) is 6.92 Å². The van der Waals surface area contributed by atoms with E-state index in [1.165, 1.54) is 0 Å². The molecule has 2 N–H and O–H groups in total. The van der Waals surface area contributed by atoms with Crippen molar-refractivity contribution in [3.8, 4) is 5.75 Å². The molecule has 0 radical (unpaired) electrons. The van der Waals surface area contributed by atoms with Crippen LogP contribution in [0.4, 0.5) is 4.79 Å². The fourth-order valence-electron chi connectivity index (χ4n) is 4.02. The molecule has 3 aromatic rings. The normalized spacial score (nSPS) is 12.9. The Labute approximate surface area is 169 Å². The second kappa shape index (κ2) is 7.73. The SMILES string of the molecule is Cc1nccc2c3ccc(OC[C@@H](C)CC(C)(C)NC(=O)O)cc3c(=O)n(C)c12. The molecule has 0 unspecified atom stereocenters. The van der Waals surface area contributed by atoms with Gasteiger partial charge in [0.2, 0.25) is 0 Å². The fourth-order valence-corrected chi connectivity index (χ4v) is 4.02. The highest BCUT2D eigenvalue weighted by atomic mass is 16.5. The first kappa shape index (κ1) is 20.6. The number of aromatic nitrogens is 2. The molecule has 0 aliphatic carbocycles. The topological polar surface area (TPSA) is 93.5 Å². The monoisotopic (exact) mass is 397 g/mol. The molecule has 0 bridgehead atoms. The number of hydrogen-bond donors (Lipinski definition) is 2. The van der Waals surface area contributed by atoms with E-state index in [2.05, 4.69) is 10.3 Å². The van der Waals surface area contributed by atoms with Crippen LogP contribution >= 0.6 is 0 Å². The Bertz CT molecular complexity index is 1130. The summed E-state index contributed by atoms with van der Waals surface area (Å²) in [6.07, 6.45) is 1.35. The highest BCUT2D eigenvalue weighted by Crippen LogP contribution is 2.27. The summed E-state index contributed by atoms with van der Waals surface area (Å²) in [7, 11) is 1.76. The third-order valence-corrected chi connectivity index (χ3v) is 5.10. The summed E-state index contributed by atoms with van der Waals surface area (Å²) < 4.78 is 7.55. The number of benzene rings is 1. The van der Waals surface area contributed by atoms with Gasteiger partial charge < -0.3 is 19.7 Å². The van der Waals surface area contributed by atoms with Crippen LogP contribution < -0.4 is 15.6 Å². The van der Waals surface area contributed by atoms with Crippen molar-refractivity contribution >= 4 is 27.8 Å². The van der Waals surface area contributed by atoms with Gasteiger partial charge in [0.1, 0.15) is 5.75 Å². The Kier molecular flexibility index (Phi) is 5.50. The van der Waals surface area contributed by atoms with Gasteiger partial charge in [-0.2, -0.15) is 0 Å². The Balaban J connectivity index is 1.85. The van der Waals surface area contributed by atoms with Gasteiger partial charge in [-0.15, -0.1) is 0 Å². The molecule has 1 aromatic carbocycles. The third kappa shape index (κ3) is 4.34. The summed E-state index contributed by atoms with van der Waals surface area (Å²) in [5.41, 5.74) is 1.02. The van der Waals surface area contributed by atoms with Crippen LogP contribution in [0.5, 0.6) is 5.75 Å². The van der Waals surface area contributed by atoms with E-state index in [4.69, 9.17) is 9.84 Å². The highest BCUT2D eigenvalue weighted by molar-refractivity contribution is 6.06. The first-order valence-corrected chi connectivity index (χ1v) is 9.61. The maximum absolute atomic E-state index is 12.9. The number of carboxylic acid groups (broad SMARTS) is 1. The van der Waals surface area contributed by atoms with Gasteiger partial charge in [-0.25, -0.2) is 4.79 Å². The zero-order chi connectivity index (χ0) is 21.3. The Morgan fingerprint density at radius 1 is 1.28 bits per heavy atom. The summed E-state index contributed by atoms with van der Waals surface area (Å²) in [4.78, 5) is 28.1. The number of nitrogens with one attached hydrogen (secondary N) is 1. The van der Waals surface area contributed by atoms with Crippen LogP contribution in [-0.4, -0.2) is 32.9 Å². The number of rotatable bonds is 6. The minimum atomic E-state index is -1.04. The van der Waals surface area contributed by atoms with Crippen molar-refractivity contribution in [2.75, 3.05) is 6.61 Å². The molecule has 0 aliphatic rings. The fraction of sp³-hybridized carbons (Fsp3) is 0.409. The van der Waals surface area contributed by atoms with Crippen LogP contribution in [0.3, 0.4) is 0 Å². The lowest BCUT2D eigenvalue weighted by Gasteiger charge is -2.28. The van der Waals surface area contributed by atoms with Crippen molar-refractivity contribution in [3.63, 3.8) is 0 Å². The predicted octanol–water partition coefficient (Wildman–Crippen LogP) is 3.85. The number of amides is 1. The first-order chi connectivity index (χ1) is 13.6. The summed E-state index contributed by atoms with van der Waals surface area (Å²) in [6.45, 7) is 8.02. The number of ether oxygens (including phenoxy) is 1. The van der Waals surface area contributed by atoms with Crippen LogP contribution in [-0.2, 0) is 7.05 Å². The maximum Gasteiger partial charge on any atom is 0.405 e. The smallest absolute Gasteiger partial charge is 0.405 e. The van der Waals surface area contributed by atoms with E-state index in [1.807, 2.05) is 45.9 Å². The van der Waals surface area contributed by atoms with Crippen molar-refractivity contribution in [2.24, 2.45) is 13.0 Å². The molecule has 2 aromatic heterocycles. The molecule has 3 rings (SSSR count). The zero-order valence-corrected chi connectivity index (χ0v) is 17.4. The third-order valence-electron chi connectivity index (χ3n) is 5.10. The van der Waals surface area contributed by atoms with Gasteiger partial charge in [0.05, 0.1) is 23.2 Å². The lowest BCUT2D eigenvalue weighted by atomic mass is 9.92. The molecule has 0 spiro atoms. The average molecular weight is 397 g/mol. The predicted molar refractivity (Wildman–Crippen MR) is 114 cm³/mol. The molecule has 0 fully saturated rings. The standard InChI is InChI=1S/C22H27N3O4/c1-13(11-22(3,4)24-21(27)28)12-29-15-6-7-16-17-8-9-23-14(2)19(17)25(5)20(26)18(16)10-15/h6-10,13,24H,11-12H2,1-5H3,(H,27,28)/t13-/m0/s1. The first-order valence-electron chi connectivity index (χ1n) is 9.61. The molecule has 1 atom stereocenters. The van der Waals surface area contributed by atoms with Crippen molar-refractivity contribution in [1.29, 1.82) is 0 Å². The summed E-state index contributed by atoms with van der Waals surface area (Å²) in [5.74, 6) is 0.747. The van der Waals surface area contributed by atoms with Gasteiger partial charge >= 0.3 is 6.09 Å². The Morgan fingerprint density at radius 2 is 2.00 bits per heavy atom. The molecular weight excluding hydrogens is 370 g/mol. The van der Waals surface area contributed by atoms with Crippen molar-refractivity contribution in [2.45, 2.75) is 39.7 Å². The number of nitrogens with zero attached hydrogens (tertiary/aromatic N) is 2. The van der Waals surface area contributed by atoms with Gasteiger partial charge in [0.25, 0.3) is 5.56 Å². The van der Waals surface area contributed by atoms with Crippen molar-refractivity contribution in [3.05, 3.63) is 46.5 Å². The number of carbonyl (C=O) groups is 1. The zero-order valence-electron chi connectivity index (χ0n) is 17.4. The second-order valence-corrected chi connectivity index (χ2v) is 8.30. The van der Waals surface area contributed by atoms with Gasteiger partial charge in [-0.3, -0.25) is 9.78 Å². The Hall–Kier alpha value is -3.09. The largest absolute Gasteiger partial charge is 0.493 e. The minimum absolute atomic E-state index is 0.0890.